The minimum Gasteiger partial charge on any atom is -0.497 e. The van der Waals surface area contributed by atoms with E-state index in [9.17, 15) is 0 Å². The summed E-state index contributed by atoms with van der Waals surface area (Å²) in [5.41, 5.74) is 1.90. The molecule has 1 heterocycles. The number of aromatic nitrogens is 2. The van der Waals surface area contributed by atoms with Crippen molar-refractivity contribution in [3.63, 3.8) is 0 Å². The minimum atomic E-state index is 0.410. The second kappa shape index (κ2) is 7.59. The molecule has 0 unspecified atom stereocenters. The van der Waals surface area contributed by atoms with Crippen LogP contribution in [-0.2, 0) is 13.2 Å². The molecule has 0 saturated carbocycles. The molecule has 21 heavy (non-hydrogen) atoms. The summed E-state index contributed by atoms with van der Waals surface area (Å²) in [5, 5.41) is 3.30. The SMILES string of the molecule is COc1cccc(COc2cncc(CNC(C)C)n2)c1. The number of rotatable bonds is 7. The molecular weight excluding hydrogens is 266 g/mol. The van der Waals surface area contributed by atoms with Crippen LogP contribution in [0.1, 0.15) is 25.1 Å². The Morgan fingerprint density at radius 1 is 1.24 bits per heavy atom. The standard InChI is InChI=1S/C16H21N3O2/c1-12(2)18-9-14-8-17-10-16(19-14)21-11-13-5-4-6-15(7-13)20-3/h4-8,10,12,18H,9,11H2,1-3H3. The Morgan fingerprint density at radius 2 is 2.10 bits per heavy atom. The number of hydrogen-bond acceptors (Lipinski definition) is 5. The summed E-state index contributed by atoms with van der Waals surface area (Å²) in [6.07, 6.45) is 3.37. The lowest BCUT2D eigenvalue weighted by Crippen LogP contribution is -2.22. The smallest absolute Gasteiger partial charge is 0.232 e. The largest absolute Gasteiger partial charge is 0.497 e. The Bertz CT molecular complexity index is 573. The highest BCUT2D eigenvalue weighted by Crippen LogP contribution is 2.14. The molecule has 1 aromatic carbocycles. The molecule has 2 rings (SSSR count). The van der Waals surface area contributed by atoms with E-state index in [2.05, 4.69) is 29.1 Å². The second-order valence-corrected chi connectivity index (χ2v) is 5.02. The molecule has 0 spiro atoms. The zero-order valence-electron chi connectivity index (χ0n) is 12.7. The molecule has 0 radical (unpaired) electrons. The van der Waals surface area contributed by atoms with Crippen molar-refractivity contribution >= 4 is 0 Å². The molecule has 0 fully saturated rings. The molecule has 0 aliphatic heterocycles. The molecule has 1 N–H and O–H groups in total. The molecule has 0 saturated heterocycles. The molecule has 0 aliphatic rings. The zero-order valence-corrected chi connectivity index (χ0v) is 12.7. The van der Waals surface area contributed by atoms with Crippen LogP contribution in [0.15, 0.2) is 36.7 Å². The lowest BCUT2D eigenvalue weighted by molar-refractivity contribution is 0.290. The van der Waals surface area contributed by atoms with Crippen molar-refractivity contribution < 1.29 is 9.47 Å². The van der Waals surface area contributed by atoms with E-state index >= 15 is 0 Å². The van der Waals surface area contributed by atoms with Crippen molar-refractivity contribution in [2.75, 3.05) is 7.11 Å². The lowest BCUT2D eigenvalue weighted by Gasteiger charge is -2.09. The molecule has 112 valence electrons. The lowest BCUT2D eigenvalue weighted by atomic mass is 10.2. The van der Waals surface area contributed by atoms with Gasteiger partial charge in [0.1, 0.15) is 12.4 Å². The van der Waals surface area contributed by atoms with Crippen molar-refractivity contribution in [1.82, 2.24) is 15.3 Å². The monoisotopic (exact) mass is 287 g/mol. The predicted octanol–water partition coefficient (Wildman–Crippen LogP) is 2.56. The predicted molar refractivity (Wildman–Crippen MR) is 81.3 cm³/mol. The number of nitrogens with one attached hydrogen (secondary N) is 1. The first-order chi connectivity index (χ1) is 10.2. The second-order valence-electron chi connectivity index (χ2n) is 5.02. The first kappa shape index (κ1) is 15.3. The first-order valence-corrected chi connectivity index (χ1v) is 6.97. The van der Waals surface area contributed by atoms with Crippen LogP contribution in [0.3, 0.4) is 0 Å². The molecule has 5 nitrogen and oxygen atoms in total. The quantitative estimate of drug-likeness (QED) is 0.848. The highest BCUT2D eigenvalue weighted by Gasteiger charge is 2.02. The molecule has 5 heteroatoms. The van der Waals surface area contributed by atoms with E-state index in [1.165, 1.54) is 0 Å². The van der Waals surface area contributed by atoms with Gasteiger partial charge in [-0.05, 0) is 17.7 Å². The summed E-state index contributed by atoms with van der Waals surface area (Å²) in [6.45, 7) is 5.31. The van der Waals surface area contributed by atoms with Crippen LogP contribution in [0.5, 0.6) is 11.6 Å². The van der Waals surface area contributed by atoms with Gasteiger partial charge in [0.15, 0.2) is 0 Å². The first-order valence-electron chi connectivity index (χ1n) is 6.97. The van der Waals surface area contributed by atoms with Crippen LogP contribution in [0.2, 0.25) is 0 Å². The van der Waals surface area contributed by atoms with Crippen LogP contribution in [0, 0.1) is 0 Å². The average molecular weight is 287 g/mol. The molecule has 1 aromatic heterocycles. The fraction of sp³-hybridized carbons (Fsp3) is 0.375. The summed E-state index contributed by atoms with van der Waals surface area (Å²) >= 11 is 0. The van der Waals surface area contributed by atoms with Gasteiger partial charge in [0.25, 0.3) is 0 Å². The Balaban J connectivity index is 1.94. The topological polar surface area (TPSA) is 56.3 Å². The fourth-order valence-electron chi connectivity index (χ4n) is 1.77. The van der Waals surface area contributed by atoms with Gasteiger partial charge in [-0.2, -0.15) is 0 Å². The molecule has 2 aromatic rings. The minimum absolute atomic E-state index is 0.410. The molecule has 0 aliphatic carbocycles. The van der Waals surface area contributed by atoms with E-state index in [1.54, 1.807) is 19.5 Å². The van der Waals surface area contributed by atoms with Crippen molar-refractivity contribution in [3.05, 3.63) is 47.9 Å². The maximum absolute atomic E-state index is 5.68. The summed E-state index contributed by atoms with van der Waals surface area (Å²) < 4.78 is 10.9. The number of ether oxygens (including phenoxy) is 2. The maximum Gasteiger partial charge on any atom is 0.232 e. The molecule has 0 amide bonds. The summed E-state index contributed by atoms with van der Waals surface area (Å²) in [4.78, 5) is 8.58. The van der Waals surface area contributed by atoms with E-state index in [-0.39, 0.29) is 0 Å². The van der Waals surface area contributed by atoms with Crippen molar-refractivity contribution in [1.29, 1.82) is 0 Å². The van der Waals surface area contributed by atoms with Gasteiger partial charge in [-0.25, -0.2) is 4.98 Å². The number of nitrogens with zero attached hydrogens (tertiary/aromatic N) is 2. The van der Waals surface area contributed by atoms with E-state index in [4.69, 9.17) is 9.47 Å². The fourth-order valence-corrected chi connectivity index (χ4v) is 1.77. The van der Waals surface area contributed by atoms with E-state index < -0.39 is 0 Å². The Hall–Kier alpha value is -2.14. The number of benzene rings is 1. The third kappa shape index (κ3) is 5.04. The van der Waals surface area contributed by atoms with E-state index in [0.29, 0.717) is 25.1 Å². The van der Waals surface area contributed by atoms with Crippen molar-refractivity contribution in [2.45, 2.75) is 33.0 Å². The van der Waals surface area contributed by atoms with Gasteiger partial charge in [-0.15, -0.1) is 0 Å². The van der Waals surface area contributed by atoms with Gasteiger partial charge in [0.2, 0.25) is 5.88 Å². The number of hydrogen-bond donors (Lipinski definition) is 1. The van der Waals surface area contributed by atoms with Gasteiger partial charge in [0.05, 0.1) is 19.0 Å². The van der Waals surface area contributed by atoms with Gasteiger partial charge >= 0.3 is 0 Å². The third-order valence-electron chi connectivity index (χ3n) is 2.87. The maximum atomic E-state index is 5.68. The summed E-state index contributed by atoms with van der Waals surface area (Å²) in [5.74, 6) is 1.35. The highest BCUT2D eigenvalue weighted by molar-refractivity contribution is 5.28. The van der Waals surface area contributed by atoms with Gasteiger partial charge in [-0.3, -0.25) is 4.98 Å². The van der Waals surface area contributed by atoms with Gasteiger partial charge < -0.3 is 14.8 Å². The Kier molecular flexibility index (Phi) is 5.51. The summed E-state index contributed by atoms with van der Waals surface area (Å²) in [7, 11) is 1.65. The highest BCUT2D eigenvalue weighted by atomic mass is 16.5. The Morgan fingerprint density at radius 3 is 2.86 bits per heavy atom. The zero-order chi connectivity index (χ0) is 15.1. The van der Waals surface area contributed by atoms with Gasteiger partial charge in [0, 0.05) is 18.8 Å². The van der Waals surface area contributed by atoms with Crippen molar-refractivity contribution in [2.24, 2.45) is 0 Å². The normalized spacial score (nSPS) is 10.7. The van der Waals surface area contributed by atoms with Crippen LogP contribution < -0.4 is 14.8 Å². The molecule has 0 bridgehead atoms. The third-order valence-corrected chi connectivity index (χ3v) is 2.87. The average Bonchev–Trinajstić information content (AvgIpc) is 2.51. The van der Waals surface area contributed by atoms with E-state index in [1.807, 2.05) is 24.3 Å². The van der Waals surface area contributed by atoms with Crippen molar-refractivity contribution in [3.8, 4) is 11.6 Å². The molecule has 0 atom stereocenters. The summed E-state index contributed by atoms with van der Waals surface area (Å²) in [6, 6.07) is 8.18. The van der Waals surface area contributed by atoms with E-state index in [0.717, 1.165) is 17.0 Å². The van der Waals surface area contributed by atoms with Gasteiger partial charge in [-0.1, -0.05) is 26.0 Å². The van der Waals surface area contributed by atoms with Crippen LogP contribution >= 0.6 is 0 Å². The number of methoxy groups -OCH3 is 1. The van der Waals surface area contributed by atoms with Crippen LogP contribution in [-0.4, -0.2) is 23.1 Å². The van der Waals surface area contributed by atoms with Crippen LogP contribution in [0.25, 0.3) is 0 Å². The molecular formula is C16H21N3O2. The van der Waals surface area contributed by atoms with Crippen LogP contribution in [0.4, 0.5) is 0 Å². The Labute approximate surface area is 125 Å².